The molecule has 0 spiro atoms. The summed E-state index contributed by atoms with van der Waals surface area (Å²) in [6.45, 7) is 1.39. The predicted octanol–water partition coefficient (Wildman–Crippen LogP) is 3.41. The Hall–Kier alpha value is -1.49. The van der Waals surface area contributed by atoms with Gasteiger partial charge in [-0.1, -0.05) is 30.3 Å². The maximum Gasteiger partial charge on any atom is 0.248 e. The van der Waals surface area contributed by atoms with Crippen molar-refractivity contribution < 1.29 is 18.3 Å². The van der Waals surface area contributed by atoms with Gasteiger partial charge in [0.05, 0.1) is 13.2 Å². The van der Waals surface area contributed by atoms with Crippen molar-refractivity contribution in [2.75, 3.05) is 19.7 Å². The lowest BCUT2D eigenvalue weighted by Crippen LogP contribution is -2.46. The van der Waals surface area contributed by atoms with Crippen molar-refractivity contribution in [1.29, 1.82) is 0 Å². The first-order valence-corrected chi connectivity index (χ1v) is 7.88. The van der Waals surface area contributed by atoms with Crippen molar-refractivity contribution in [3.05, 3.63) is 35.9 Å². The minimum Gasteiger partial charge on any atom is -0.370 e. The van der Waals surface area contributed by atoms with Crippen LogP contribution in [0.4, 0.5) is 8.78 Å². The van der Waals surface area contributed by atoms with Gasteiger partial charge in [-0.05, 0) is 18.4 Å². The van der Waals surface area contributed by atoms with Crippen molar-refractivity contribution in [2.24, 2.45) is 5.92 Å². The third-order valence-corrected chi connectivity index (χ3v) is 4.54. The Bertz CT molecular complexity index is 521. The topological polar surface area (TPSA) is 29.5 Å². The van der Waals surface area contributed by atoms with E-state index in [4.69, 9.17) is 4.74 Å². The van der Waals surface area contributed by atoms with E-state index in [9.17, 15) is 13.6 Å². The Morgan fingerprint density at radius 2 is 2.05 bits per heavy atom. The SMILES string of the molecule is O=C(C1CCCC(F)(F)C1)N1CCOC(c2ccccc2)C1. The van der Waals surface area contributed by atoms with E-state index in [-0.39, 0.29) is 24.9 Å². The zero-order valence-electron chi connectivity index (χ0n) is 12.5. The molecule has 1 aromatic carbocycles. The lowest BCUT2D eigenvalue weighted by molar-refractivity contribution is -0.150. The summed E-state index contributed by atoms with van der Waals surface area (Å²) in [4.78, 5) is 14.3. The standard InChI is InChI=1S/C17H21F2NO2/c18-17(19)8-4-7-14(11-17)16(21)20-9-10-22-15(12-20)13-5-2-1-3-6-13/h1-3,5-6,14-15H,4,7-12H2. The van der Waals surface area contributed by atoms with Gasteiger partial charge in [-0.3, -0.25) is 4.79 Å². The van der Waals surface area contributed by atoms with E-state index in [2.05, 4.69) is 0 Å². The maximum absolute atomic E-state index is 13.5. The normalized spacial score (nSPS) is 28.4. The fourth-order valence-corrected chi connectivity index (χ4v) is 3.36. The zero-order valence-corrected chi connectivity index (χ0v) is 12.5. The van der Waals surface area contributed by atoms with Crippen molar-refractivity contribution in [3.8, 4) is 0 Å². The van der Waals surface area contributed by atoms with Gasteiger partial charge in [0.1, 0.15) is 6.10 Å². The summed E-state index contributed by atoms with van der Waals surface area (Å²) in [7, 11) is 0. The Morgan fingerprint density at radius 3 is 2.77 bits per heavy atom. The second-order valence-corrected chi connectivity index (χ2v) is 6.20. The highest BCUT2D eigenvalue weighted by atomic mass is 19.3. The molecule has 1 saturated heterocycles. The van der Waals surface area contributed by atoms with Crippen LogP contribution in [0.3, 0.4) is 0 Å². The predicted molar refractivity (Wildman–Crippen MR) is 78.6 cm³/mol. The van der Waals surface area contributed by atoms with E-state index in [0.717, 1.165) is 5.56 Å². The van der Waals surface area contributed by atoms with Crippen LogP contribution in [0, 0.1) is 5.92 Å². The lowest BCUT2D eigenvalue weighted by atomic mass is 9.85. The summed E-state index contributed by atoms with van der Waals surface area (Å²) < 4.78 is 32.8. The summed E-state index contributed by atoms with van der Waals surface area (Å²) in [6.07, 6.45) is 0.437. The average molecular weight is 309 g/mol. The Labute approximate surface area is 129 Å². The Kier molecular flexibility index (Phi) is 4.43. The van der Waals surface area contributed by atoms with Gasteiger partial charge in [0.25, 0.3) is 0 Å². The number of benzene rings is 1. The number of hydrogen-bond donors (Lipinski definition) is 0. The average Bonchev–Trinajstić information content (AvgIpc) is 2.54. The minimum atomic E-state index is -2.69. The molecule has 2 fully saturated rings. The minimum absolute atomic E-state index is 0.0907. The molecule has 0 N–H and O–H groups in total. The third kappa shape index (κ3) is 3.46. The summed E-state index contributed by atoms with van der Waals surface area (Å²) in [5.74, 6) is -3.37. The molecule has 3 nitrogen and oxygen atoms in total. The molecule has 0 aromatic heterocycles. The fourth-order valence-electron chi connectivity index (χ4n) is 3.36. The smallest absolute Gasteiger partial charge is 0.248 e. The molecule has 1 aromatic rings. The maximum atomic E-state index is 13.5. The summed E-state index contributed by atoms with van der Waals surface area (Å²) in [6, 6.07) is 9.72. The van der Waals surface area contributed by atoms with E-state index < -0.39 is 11.8 Å². The molecule has 1 aliphatic heterocycles. The highest BCUT2D eigenvalue weighted by Gasteiger charge is 2.41. The molecule has 2 aliphatic rings. The van der Waals surface area contributed by atoms with Crippen molar-refractivity contribution in [1.82, 2.24) is 4.90 Å². The quantitative estimate of drug-likeness (QED) is 0.838. The molecule has 1 heterocycles. The molecule has 3 rings (SSSR count). The van der Waals surface area contributed by atoms with Crippen LogP contribution in [0.15, 0.2) is 30.3 Å². The molecule has 22 heavy (non-hydrogen) atoms. The monoisotopic (exact) mass is 309 g/mol. The Morgan fingerprint density at radius 1 is 1.27 bits per heavy atom. The number of morpholine rings is 1. The molecule has 1 saturated carbocycles. The van der Waals surface area contributed by atoms with Gasteiger partial charge in [0, 0.05) is 25.3 Å². The van der Waals surface area contributed by atoms with Crippen molar-refractivity contribution in [2.45, 2.75) is 37.7 Å². The first-order valence-electron chi connectivity index (χ1n) is 7.88. The van der Waals surface area contributed by atoms with E-state index in [1.165, 1.54) is 0 Å². The van der Waals surface area contributed by atoms with Gasteiger partial charge in [0.2, 0.25) is 11.8 Å². The number of hydrogen-bond acceptors (Lipinski definition) is 2. The highest BCUT2D eigenvalue weighted by molar-refractivity contribution is 5.79. The second-order valence-electron chi connectivity index (χ2n) is 6.20. The van der Waals surface area contributed by atoms with Gasteiger partial charge in [0.15, 0.2) is 0 Å². The molecular formula is C17H21F2NO2. The largest absolute Gasteiger partial charge is 0.370 e. The summed E-state index contributed by atoms with van der Waals surface area (Å²) >= 11 is 0. The second kappa shape index (κ2) is 6.32. The molecule has 120 valence electrons. The molecule has 0 radical (unpaired) electrons. The van der Waals surface area contributed by atoms with E-state index >= 15 is 0 Å². The molecule has 2 atom stereocenters. The third-order valence-electron chi connectivity index (χ3n) is 4.54. The van der Waals surface area contributed by atoms with Crippen molar-refractivity contribution in [3.63, 3.8) is 0 Å². The van der Waals surface area contributed by atoms with Crippen LogP contribution < -0.4 is 0 Å². The molecule has 0 bridgehead atoms. The first-order chi connectivity index (χ1) is 10.6. The van der Waals surface area contributed by atoms with Gasteiger partial charge < -0.3 is 9.64 Å². The van der Waals surface area contributed by atoms with Crippen LogP contribution in [0.2, 0.25) is 0 Å². The number of amides is 1. The van der Waals surface area contributed by atoms with Crippen LogP contribution in [0.5, 0.6) is 0 Å². The zero-order chi connectivity index (χ0) is 15.6. The van der Waals surface area contributed by atoms with Gasteiger partial charge in [-0.2, -0.15) is 0 Å². The lowest BCUT2D eigenvalue weighted by Gasteiger charge is -2.37. The molecular weight excluding hydrogens is 288 g/mol. The molecule has 5 heteroatoms. The van der Waals surface area contributed by atoms with Crippen LogP contribution in [-0.2, 0) is 9.53 Å². The highest BCUT2D eigenvalue weighted by Crippen LogP contribution is 2.38. The summed E-state index contributed by atoms with van der Waals surface area (Å²) in [5, 5.41) is 0. The van der Waals surface area contributed by atoms with E-state index in [1.807, 2.05) is 30.3 Å². The number of alkyl halides is 2. The fraction of sp³-hybridized carbons (Fsp3) is 0.588. The first kappa shape index (κ1) is 15.4. The summed E-state index contributed by atoms with van der Waals surface area (Å²) in [5.41, 5.74) is 1.02. The van der Waals surface area contributed by atoms with Gasteiger partial charge in [-0.15, -0.1) is 0 Å². The number of halogens is 2. The van der Waals surface area contributed by atoms with Gasteiger partial charge in [-0.25, -0.2) is 8.78 Å². The molecule has 1 amide bonds. The van der Waals surface area contributed by atoms with Crippen LogP contribution >= 0.6 is 0 Å². The molecule has 1 aliphatic carbocycles. The number of carbonyl (C=O) groups is 1. The van der Waals surface area contributed by atoms with Crippen molar-refractivity contribution >= 4 is 5.91 Å². The van der Waals surface area contributed by atoms with E-state index in [1.54, 1.807) is 4.90 Å². The molecule has 2 unspecified atom stereocenters. The number of carbonyl (C=O) groups excluding carboxylic acids is 1. The van der Waals surface area contributed by atoms with E-state index in [0.29, 0.717) is 32.5 Å². The number of nitrogens with zero attached hydrogens (tertiary/aromatic N) is 1. The van der Waals surface area contributed by atoms with Gasteiger partial charge >= 0.3 is 0 Å². The number of rotatable bonds is 2. The number of ether oxygens (including phenoxy) is 1. The van der Waals surface area contributed by atoms with Crippen LogP contribution in [-0.4, -0.2) is 36.4 Å². The van der Waals surface area contributed by atoms with Crippen LogP contribution in [0.1, 0.15) is 37.4 Å². The Balaban J connectivity index is 1.65. The van der Waals surface area contributed by atoms with Crippen LogP contribution in [0.25, 0.3) is 0 Å².